The third kappa shape index (κ3) is 2.02. The van der Waals surface area contributed by atoms with E-state index in [1.165, 1.54) is 21.9 Å². The second-order valence-electron chi connectivity index (χ2n) is 4.12. The molecule has 0 heterocycles. The predicted molar refractivity (Wildman–Crippen MR) is 66.2 cm³/mol. The Kier molecular flexibility index (Phi) is 2.74. The van der Waals surface area contributed by atoms with Crippen molar-refractivity contribution >= 4 is 10.8 Å². The van der Waals surface area contributed by atoms with Gasteiger partial charge in [0, 0.05) is 6.04 Å². The molecule has 0 saturated heterocycles. The van der Waals surface area contributed by atoms with Crippen LogP contribution in [0.2, 0.25) is 0 Å². The monoisotopic (exact) mass is 199 g/mol. The lowest BCUT2D eigenvalue weighted by Gasteiger charge is -2.11. The molecular formula is C14H17N. The highest BCUT2D eigenvalue weighted by Gasteiger charge is 2.02. The van der Waals surface area contributed by atoms with Crippen LogP contribution in [0.15, 0.2) is 36.4 Å². The molecule has 2 aromatic carbocycles. The molecular weight excluding hydrogens is 182 g/mol. The van der Waals surface area contributed by atoms with E-state index < -0.39 is 0 Å². The number of hydrogen-bond acceptors (Lipinski definition) is 1. The van der Waals surface area contributed by atoms with Gasteiger partial charge in [-0.1, -0.05) is 35.9 Å². The Morgan fingerprint density at radius 1 is 1.00 bits per heavy atom. The van der Waals surface area contributed by atoms with E-state index in [2.05, 4.69) is 55.6 Å². The lowest BCUT2D eigenvalue weighted by Crippen LogP contribution is -2.11. The molecule has 1 atom stereocenters. The van der Waals surface area contributed by atoms with Crippen LogP contribution in [0.4, 0.5) is 0 Å². The molecule has 2 aromatic rings. The highest BCUT2D eigenvalue weighted by molar-refractivity contribution is 5.83. The van der Waals surface area contributed by atoms with E-state index >= 15 is 0 Å². The first-order chi connectivity index (χ1) is 7.20. The molecule has 1 heteroatoms. The van der Waals surface area contributed by atoms with Gasteiger partial charge in [0.2, 0.25) is 0 Å². The zero-order chi connectivity index (χ0) is 10.8. The zero-order valence-electron chi connectivity index (χ0n) is 9.54. The van der Waals surface area contributed by atoms with Crippen LogP contribution in [0.3, 0.4) is 0 Å². The summed E-state index contributed by atoms with van der Waals surface area (Å²) in [5.74, 6) is 0. The van der Waals surface area contributed by atoms with E-state index in [0.29, 0.717) is 6.04 Å². The molecule has 0 aromatic heterocycles. The molecule has 0 saturated carbocycles. The van der Waals surface area contributed by atoms with Crippen LogP contribution in [0.1, 0.15) is 24.1 Å². The number of fused-ring (bicyclic) bond motifs is 1. The second kappa shape index (κ2) is 4.03. The number of aryl methyl sites for hydroxylation is 1. The summed E-state index contributed by atoms with van der Waals surface area (Å²) in [5.41, 5.74) is 2.66. The first-order valence-corrected chi connectivity index (χ1v) is 5.38. The molecule has 0 aliphatic heterocycles. The summed E-state index contributed by atoms with van der Waals surface area (Å²) in [6.45, 7) is 4.31. The third-order valence-corrected chi connectivity index (χ3v) is 2.95. The Hall–Kier alpha value is -1.34. The Balaban J connectivity index is 2.54. The minimum absolute atomic E-state index is 0.412. The first-order valence-electron chi connectivity index (χ1n) is 5.38. The summed E-state index contributed by atoms with van der Waals surface area (Å²) >= 11 is 0. The van der Waals surface area contributed by atoms with Gasteiger partial charge in [0.1, 0.15) is 0 Å². The summed E-state index contributed by atoms with van der Waals surface area (Å²) in [6.07, 6.45) is 0. The molecule has 1 nitrogen and oxygen atoms in total. The molecule has 0 spiro atoms. The van der Waals surface area contributed by atoms with Crippen molar-refractivity contribution in [2.45, 2.75) is 19.9 Å². The Morgan fingerprint density at radius 3 is 2.47 bits per heavy atom. The van der Waals surface area contributed by atoms with Crippen molar-refractivity contribution in [3.05, 3.63) is 47.5 Å². The van der Waals surface area contributed by atoms with Gasteiger partial charge in [0.15, 0.2) is 0 Å². The normalized spacial score (nSPS) is 13.0. The van der Waals surface area contributed by atoms with Crippen LogP contribution < -0.4 is 5.32 Å². The number of nitrogens with one attached hydrogen (secondary N) is 1. The first kappa shape index (κ1) is 10.2. The van der Waals surface area contributed by atoms with Gasteiger partial charge in [-0.15, -0.1) is 0 Å². The third-order valence-electron chi connectivity index (χ3n) is 2.95. The maximum absolute atomic E-state index is 3.26. The van der Waals surface area contributed by atoms with E-state index in [1.807, 2.05) is 7.05 Å². The predicted octanol–water partition coefficient (Wildman–Crippen LogP) is 3.43. The van der Waals surface area contributed by atoms with Crippen LogP contribution >= 0.6 is 0 Å². The van der Waals surface area contributed by atoms with Crippen molar-refractivity contribution in [3.63, 3.8) is 0 Å². The molecule has 0 amide bonds. The van der Waals surface area contributed by atoms with Crippen LogP contribution in [0.25, 0.3) is 10.8 Å². The van der Waals surface area contributed by atoms with Gasteiger partial charge < -0.3 is 5.32 Å². The maximum Gasteiger partial charge on any atom is 0.0289 e. The fourth-order valence-corrected chi connectivity index (χ4v) is 1.82. The standard InChI is InChI=1S/C14H17N/c1-10-4-5-12-6-7-13(11(2)15-3)9-14(12)8-10/h4-9,11,15H,1-3H3/t11-/m1/s1. The Labute approximate surface area is 91.1 Å². The van der Waals surface area contributed by atoms with Crippen molar-refractivity contribution < 1.29 is 0 Å². The molecule has 0 aliphatic rings. The summed E-state index contributed by atoms with van der Waals surface area (Å²) in [6, 6.07) is 13.6. The SMILES string of the molecule is CN[C@H](C)c1ccc2ccc(C)cc2c1. The van der Waals surface area contributed by atoms with Gasteiger partial charge in [-0.3, -0.25) is 0 Å². The van der Waals surface area contributed by atoms with E-state index in [9.17, 15) is 0 Å². The van der Waals surface area contributed by atoms with Gasteiger partial charge in [-0.2, -0.15) is 0 Å². The summed E-state index contributed by atoms with van der Waals surface area (Å²) in [5, 5.41) is 5.90. The molecule has 78 valence electrons. The van der Waals surface area contributed by atoms with E-state index in [0.717, 1.165) is 0 Å². The molecule has 0 radical (unpaired) electrons. The molecule has 15 heavy (non-hydrogen) atoms. The zero-order valence-corrected chi connectivity index (χ0v) is 9.54. The quantitative estimate of drug-likeness (QED) is 0.781. The minimum Gasteiger partial charge on any atom is -0.313 e. The second-order valence-corrected chi connectivity index (χ2v) is 4.12. The van der Waals surface area contributed by atoms with Gasteiger partial charge in [-0.05, 0) is 43.3 Å². The average molecular weight is 199 g/mol. The van der Waals surface area contributed by atoms with Crippen LogP contribution in [-0.4, -0.2) is 7.05 Å². The van der Waals surface area contributed by atoms with Gasteiger partial charge >= 0.3 is 0 Å². The maximum atomic E-state index is 3.26. The van der Waals surface area contributed by atoms with Gasteiger partial charge in [-0.25, -0.2) is 0 Å². The van der Waals surface area contributed by atoms with Crippen molar-refractivity contribution in [2.24, 2.45) is 0 Å². The van der Waals surface area contributed by atoms with E-state index in [-0.39, 0.29) is 0 Å². The molecule has 0 aliphatic carbocycles. The molecule has 0 unspecified atom stereocenters. The highest BCUT2D eigenvalue weighted by Crippen LogP contribution is 2.21. The minimum atomic E-state index is 0.412. The average Bonchev–Trinajstić information content (AvgIpc) is 2.27. The lowest BCUT2D eigenvalue weighted by molar-refractivity contribution is 0.653. The van der Waals surface area contributed by atoms with Gasteiger partial charge in [0.05, 0.1) is 0 Å². The Morgan fingerprint density at radius 2 is 1.73 bits per heavy atom. The van der Waals surface area contributed by atoms with Gasteiger partial charge in [0.25, 0.3) is 0 Å². The van der Waals surface area contributed by atoms with Crippen molar-refractivity contribution in [1.29, 1.82) is 0 Å². The van der Waals surface area contributed by atoms with E-state index in [4.69, 9.17) is 0 Å². The molecule has 2 rings (SSSR count). The summed E-state index contributed by atoms with van der Waals surface area (Å²) < 4.78 is 0. The highest BCUT2D eigenvalue weighted by atomic mass is 14.8. The smallest absolute Gasteiger partial charge is 0.0289 e. The number of hydrogen-bond donors (Lipinski definition) is 1. The fourth-order valence-electron chi connectivity index (χ4n) is 1.82. The van der Waals surface area contributed by atoms with Crippen LogP contribution in [-0.2, 0) is 0 Å². The van der Waals surface area contributed by atoms with Crippen molar-refractivity contribution in [2.75, 3.05) is 7.05 Å². The largest absolute Gasteiger partial charge is 0.313 e. The lowest BCUT2D eigenvalue weighted by atomic mass is 10.0. The van der Waals surface area contributed by atoms with Crippen molar-refractivity contribution in [1.82, 2.24) is 5.32 Å². The van der Waals surface area contributed by atoms with Crippen LogP contribution in [0, 0.1) is 6.92 Å². The topological polar surface area (TPSA) is 12.0 Å². The summed E-state index contributed by atoms with van der Waals surface area (Å²) in [4.78, 5) is 0. The summed E-state index contributed by atoms with van der Waals surface area (Å²) in [7, 11) is 1.99. The molecule has 0 bridgehead atoms. The molecule has 0 fully saturated rings. The van der Waals surface area contributed by atoms with Crippen LogP contribution in [0.5, 0.6) is 0 Å². The number of benzene rings is 2. The fraction of sp³-hybridized carbons (Fsp3) is 0.286. The number of rotatable bonds is 2. The van der Waals surface area contributed by atoms with E-state index in [1.54, 1.807) is 0 Å². The Bertz CT molecular complexity index is 474. The van der Waals surface area contributed by atoms with Crippen molar-refractivity contribution in [3.8, 4) is 0 Å². The molecule has 1 N–H and O–H groups in total.